The van der Waals surface area contributed by atoms with Gasteiger partial charge in [0.1, 0.15) is 5.56 Å². The number of carbonyl (C=O) groups is 1. The van der Waals surface area contributed by atoms with Gasteiger partial charge < -0.3 is 4.98 Å². The van der Waals surface area contributed by atoms with Crippen molar-refractivity contribution in [2.45, 2.75) is 13.8 Å². The Balaban J connectivity index is 1.72. The van der Waals surface area contributed by atoms with Crippen LogP contribution in [0.3, 0.4) is 0 Å². The molecule has 0 aliphatic rings. The fraction of sp³-hybridized carbons (Fsp3) is 0.105. The number of anilines is 1. The van der Waals surface area contributed by atoms with Crippen molar-refractivity contribution >= 4 is 43.5 Å². The number of hydrogen-bond acceptors (Lipinski definition) is 4. The maximum atomic E-state index is 12.5. The monoisotopic (exact) mass is 349 g/mol. The number of benzene rings is 2. The van der Waals surface area contributed by atoms with Crippen molar-refractivity contribution < 1.29 is 4.79 Å². The Kier molecular flexibility index (Phi) is 3.62. The molecular formula is C19H15N3O2S. The minimum atomic E-state index is -0.458. The molecule has 0 aliphatic carbocycles. The molecule has 2 aromatic carbocycles. The summed E-state index contributed by atoms with van der Waals surface area (Å²) < 4.78 is 1.01. The molecule has 0 saturated heterocycles. The van der Waals surface area contributed by atoms with E-state index in [-0.39, 0.29) is 11.0 Å². The highest BCUT2D eigenvalue weighted by atomic mass is 32.1. The van der Waals surface area contributed by atoms with Crippen molar-refractivity contribution in [1.29, 1.82) is 0 Å². The van der Waals surface area contributed by atoms with Gasteiger partial charge in [-0.1, -0.05) is 29.5 Å². The number of aryl methyl sites for hydroxylation is 2. The first-order valence-electron chi connectivity index (χ1n) is 7.82. The largest absolute Gasteiger partial charge is 0.360 e. The first-order valence-corrected chi connectivity index (χ1v) is 8.64. The number of fused-ring (bicyclic) bond motifs is 2. The van der Waals surface area contributed by atoms with Crippen LogP contribution in [-0.4, -0.2) is 15.9 Å². The summed E-state index contributed by atoms with van der Waals surface area (Å²) in [6, 6.07) is 11.2. The number of nitrogens with zero attached hydrogens (tertiary/aromatic N) is 1. The van der Waals surface area contributed by atoms with E-state index >= 15 is 0 Å². The van der Waals surface area contributed by atoms with Crippen molar-refractivity contribution in [2.75, 3.05) is 5.32 Å². The third-order valence-corrected chi connectivity index (χ3v) is 5.00. The molecule has 0 spiro atoms. The Labute approximate surface area is 147 Å². The molecular weight excluding hydrogens is 334 g/mol. The molecule has 5 nitrogen and oxygen atoms in total. The molecule has 0 bridgehead atoms. The van der Waals surface area contributed by atoms with Gasteiger partial charge in [-0.3, -0.25) is 14.9 Å². The van der Waals surface area contributed by atoms with Gasteiger partial charge in [-0.15, -0.1) is 0 Å². The van der Waals surface area contributed by atoms with E-state index in [1.807, 2.05) is 26.0 Å². The Bertz CT molecular complexity index is 1190. The number of amides is 1. The van der Waals surface area contributed by atoms with E-state index in [9.17, 15) is 9.59 Å². The summed E-state index contributed by atoms with van der Waals surface area (Å²) in [5, 5.41) is 3.73. The van der Waals surface area contributed by atoms with E-state index in [4.69, 9.17) is 0 Å². The molecule has 2 N–H and O–H groups in total. The Morgan fingerprint density at radius 1 is 1.20 bits per heavy atom. The lowest BCUT2D eigenvalue weighted by Gasteiger charge is -2.03. The number of aromatic amines is 1. The molecule has 2 aromatic heterocycles. The number of hydrogen-bond donors (Lipinski definition) is 2. The highest BCUT2D eigenvalue weighted by molar-refractivity contribution is 7.22. The van der Waals surface area contributed by atoms with Crippen LogP contribution >= 0.6 is 11.3 Å². The minimum Gasteiger partial charge on any atom is -0.360 e. The number of nitrogens with one attached hydrogen (secondary N) is 2. The summed E-state index contributed by atoms with van der Waals surface area (Å²) in [6.07, 6.45) is 1.45. The number of rotatable bonds is 2. The molecule has 0 fully saturated rings. The van der Waals surface area contributed by atoms with Crippen LogP contribution in [0.15, 0.2) is 47.4 Å². The normalized spacial score (nSPS) is 11.1. The number of aromatic nitrogens is 2. The van der Waals surface area contributed by atoms with Gasteiger partial charge in [-0.25, -0.2) is 4.98 Å². The van der Waals surface area contributed by atoms with Crippen molar-refractivity contribution in [3.8, 4) is 0 Å². The van der Waals surface area contributed by atoms with Gasteiger partial charge in [0.2, 0.25) is 5.43 Å². The van der Waals surface area contributed by atoms with E-state index in [0.29, 0.717) is 16.0 Å². The minimum absolute atomic E-state index is 0.0749. The van der Waals surface area contributed by atoms with Gasteiger partial charge in [0.25, 0.3) is 5.91 Å². The topological polar surface area (TPSA) is 74.8 Å². The summed E-state index contributed by atoms with van der Waals surface area (Å²) in [5.41, 5.74) is 3.58. The van der Waals surface area contributed by atoms with Crippen LogP contribution in [0.25, 0.3) is 21.1 Å². The van der Waals surface area contributed by atoms with Gasteiger partial charge in [0.15, 0.2) is 5.13 Å². The lowest BCUT2D eigenvalue weighted by atomic mass is 10.1. The molecule has 124 valence electrons. The maximum absolute atomic E-state index is 12.5. The highest BCUT2D eigenvalue weighted by Crippen LogP contribution is 2.29. The zero-order valence-corrected chi connectivity index (χ0v) is 14.5. The van der Waals surface area contributed by atoms with Crippen LogP contribution in [0.1, 0.15) is 21.5 Å². The van der Waals surface area contributed by atoms with Crippen LogP contribution < -0.4 is 10.7 Å². The summed E-state index contributed by atoms with van der Waals surface area (Å²) in [7, 11) is 0. The SMILES string of the molecule is Cc1cc(C)c2nc(NC(=O)c3c[nH]c4ccccc4c3=O)sc2c1. The van der Waals surface area contributed by atoms with Crippen LogP contribution in [0, 0.1) is 13.8 Å². The fourth-order valence-electron chi connectivity index (χ4n) is 2.92. The van der Waals surface area contributed by atoms with Crippen LogP contribution in [-0.2, 0) is 0 Å². The quantitative estimate of drug-likeness (QED) is 0.574. The molecule has 0 saturated carbocycles. The molecule has 4 aromatic rings. The number of pyridine rings is 1. The van der Waals surface area contributed by atoms with Gasteiger partial charge >= 0.3 is 0 Å². The van der Waals surface area contributed by atoms with E-state index < -0.39 is 5.91 Å². The molecule has 2 heterocycles. The van der Waals surface area contributed by atoms with Crippen molar-refractivity contribution in [2.24, 2.45) is 0 Å². The zero-order valence-electron chi connectivity index (χ0n) is 13.7. The van der Waals surface area contributed by atoms with E-state index in [1.54, 1.807) is 18.2 Å². The van der Waals surface area contributed by atoms with Crippen molar-refractivity contribution in [3.63, 3.8) is 0 Å². The number of H-pyrrole nitrogens is 1. The average Bonchev–Trinajstić information content (AvgIpc) is 2.98. The number of para-hydroxylation sites is 1. The first-order chi connectivity index (χ1) is 12.0. The summed E-state index contributed by atoms with van der Waals surface area (Å²) >= 11 is 1.40. The Morgan fingerprint density at radius 3 is 2.84 bits per heavy atom. The summed E-state index contributed by atoms with van der Waals surface area (Å²) in [5.74, 6) is -0.458. The van der Waals surface area contributed by atoms with Gasteiger partial charge in [-0.05, 0) is 43.2 Å². The molecule has 25 heavy (non-hydrogen) atoms. The maximum Gasteiger partial charge on any atom is 0.262 e. The van der Waals surface area contributed by atoms with E-state index in [0.717, 1.165) is 21.3 Å². The Hall–Kier alpha value is -2.99. The van der Waals surface area contributed by atoms with Crippen molar-refractivity contribution in [3.05, 3.63) is 69.5 Å². The highest BCUT2D eigenvalue weighted by Gasteiger charge is 2.15. The second-order valence-corrected chi connectivity index (χ2v) is 7.01. The molecule has 0 aliphatic heterocycles. The van der Waals surface area contributed by atoms with Gasteiger partial charge in [-0.2, -0.15) is 0 Å². The Morgan fingerprint density at radius 2 is 2.00 bits per heavy atom. The lowest BCUT2D eigenvalue weighted by molar-refractivity contribution is 0.102. The average molecular weight is 349 g/mol. The van der Waals surface area contributed by atoms with E-state index in [2.05, 4.69) is 21.4 Å². The molecule has 4 rings (SSSR count). The van der Waals surface area contributed by atoms with Crippen LogP contribution in [0.5, 0.6) is 0 Å². The third kappa shape index (κ3) is 2.70. The van der Waals surface area contributed by atoms with Gasteiger partial charge in [0, 0.05) is 17.1 Å². The van der Waals surface area contributed by atoms with Crippen molar-refractivity contribution in [1.82, 2.24) is 9.97 Å². The second-order valence-electron chi connectivity index (χ2n) is 5.98. The van der Waals surface area contributed by atoms with Crippen LogP contribution in [0.2, 0.25) is 0 Å². The molecule has 0 unspecified atom stereocenters. The first kappa shape index (κ1) is 15.5. The van der Waals surface area contributed by atoms with Gasteiger partial charge in [0.05, 0.1) is 10.2 Å². The fourth-order valence-corrected chi connectivity index (χ4v) is 3.96. The number of thiazole rings is 1. The smallest absolute Gasteiger partial charge is 0.262 e. The zero-order chi connectivity index (χ0) is 17.6. The van der Waals surface area contributed by atoms with Crippen LogP contribution in [0.4, 0.5) is 5.13 Å². The molecule has 6 heteroatoms. The molecule has 0 atom stereocenters. The summed E-state index contributed by atoms with van der Waals surface area (Å²) in [4.78, 5) is 32.6. The standard InChI is InChI=1S/C19H15N3O2S/c1-10-7-11(2)16-15(8-10)25-19(21-16)22-18(24)13-9-20-14-6-4-3-5-12(14)17(13)23/h3-9H,1-2H3,(H,20,23)(H,21,22,24). The molecule has 1 amide bonds. The predicted molar refractivity (Wildman–Crippen MR) is 102 cm³/mol. The lowest BCUT2D eigenvalue weighted by Crippen LogP contribution is -2.21. The molecule has 0 radical (unpaired) electrons. The summed E-state index contributed by atoms with van der Waals surface area (Å²) in [6.45, 7) is 4.02. The van der Waals surface area contributed by atoms with E-state index in [1.165, 1.54) is 17.5 Å². The predicted octanol–water partition coefficient (Wildman–Crippen LogP) is 4.01. The second kappa shape index (κ2) is 5.82. The third-order valence-electron chi connectivity index (χ3n) is 4.08. The number of carbonyl (C=O) groups excluding carboxylic acids is 1.